The molecule has 3 rings (SSSR count). The van der Waals surface area contributed by atoms with Crippen LogP contribution in [0.25, 0.3) is 0 Å². The molecule has 120 valence electrons. The number of nitrogens with zero attached hydrogens (tertiary/aromatic N) is 1. The Labute approximate surface area is 142 Å². The van der Waals surface area contributed by atoms with Crippen LogP contribution in [0, 0.1) is 0 Å². The molecule has 3 heteroatoms. The lowest BCUT2D eigenvalue weighted by atomic mass is 10.1. The van der Waals surface area contributed by atoms with Gasteiger partial charge in [-0.25, -0.2) is 0 Å². The highest BCUT2D eigenvalue weighted by atomic mass is 16.5. The molecule has 0 aromatic heterocycles. The summed E-state index contributed by atoms with van der Waals surface area (Å²) in [6, 6.07) is 26.8. The summed E-state index contributed by atoms with van der Waals surface area (Å²) in [5.41, 5.74) is 2.60. The Morgan fingerprint density at radius 3 is 2.00 bits per heavy atom. The van der Waals surface area contributed by atoms with Gasteiger partial charge in [-0.1, -0.05) is 48.5 Å². The standard InChI is InChI=1S/C21H19NO2/c1-24-20-14-12-17(13-15-20)16-22(19-10-6-3-7-11-19)21(23)18-8-4-2-5-9-18/h2-15H,16H2,1H3. The average Bonchev–Trinajstić information content (AvgIpc) is 2.67. The molecule has 0 heterocycles. The van der Waals surface area contributed by atoms with Crippen molar-refractivity contribution in [3.8, 4) is 5.75 Å². The summed E-state index contributed by atoms with van der Waals surface area (Å²) in [4.78, 5) is 14.8. The molecule has 3 nitrogen and oxygen atoms in total. The minimum Gasteiger partial charge on any atom is -0.497 e. The van der Waals surface area contributed by atoms with Crippen molar-refractivity contribution in [2.45, 2.75) is 6.54 Å². The second kappa shape index (κ2) is 7.47. The normalized spacial score (nSPS) is 10.2. The maximum absolute atomic E-state index is 13.0. The zero-order valence-corrected chi connectivity index (χ0v) is 13.6. The van der Waals surface area contributed by atoms with Gasteiger partial charge in [-0.3, -0.25) is 4.79 Å². The van der Waals surface area contributed by atoms with Crippen molar-refractivity contribution in [3.63, 3.8) is 0 Å². The molecule has 0 radical (unpaired) electrons. The number of anilines is 1. The highest BCUT2D eigenvalue weighted by Gasteiger charge is 2.17. The molecule has 0 aliphatic heterocycles. The van der Waals surface area contributed by atoms with E-state index in [9.17, 15) is 4.79 Å². The molecule has 0 saturated heterocycles. The van der Waals surface area contributed by atoms with Gasteiger partial charge in [0, 0.05) is 11.3 Å². The van der Waals surface area contributed by atoms with Crippen LogP contribution in [0.4, 0.5) is 5.69 Å². The van der Waals surface area contributed by atoms with E-state index in [1.54, 1.807) is 12.0 Å². The molecule has 3 aromatic carbocycles. The van der Waals surface area contributed by atoms with Crippen LogP contribution in [0.1, 0.15) is 15.9 Å². The van der Waals surface area contributed by atoms with Crippen molar-refractivity contribution in [1.29, 1.82) is 0 Å². The van der Waals surface area contributed by atoms with E-state index in [2.05, 4.69) is 0 Å². The molecule has 0 saturated carbocycles. The number of amides is 1. The number of carbonyl (C=O) groups is 1. The first kappa shape index (κ1) is 15.8. The molecule has 1 amide bonds. The van der Waals surface area contributed by atoms with Crippen molar-refractivity contribution < 1.29 is 9.53 Å². The second-order valence-electron chi connectivity index (χ2n) is 5.44. The summed E-state index contributed by atoms with van der Waals surface area (Å²) in [5.74, 6) is 0.789. The summed E-state index contributed by atoms with van der Waals surface area (Å²) < 4.78 is 5.20. The van der Waals surface area contributed by atoms with E-state index >= 15 is 0 Å². The van der Waals surface area contributed by atoms with Crippen molar-refractivity contribution in [1.82, 2.24) is 0 Å². The van der Waals surface area contributed by atoms with Crippen molar-refractivity contribution in [2.24, 2.45) is 0 Å². The number of rotatable bonds is 5. The molecule has 0 N–H and O–H groups in total. The van der Waals surface area contributed by atoms with E-state index in [1.165, 1.54) is 0 Å². The third-order valence-corrected chi connectivity index (χ3v) is 3.83. The average molecular weight is 317 g/mol. The quantitative estimate of drug-likeness (QED) is 0.691. The number of hydrogen-bond donors (Lipinski definition) is 0. The number of para-hydroxylation sites is 1. The highest BCUT2D eigenvalue weighted by molar-refractivity contribution is 6.05. The molecule has 0 fully saturated rings. The maximum atomic E-state index is 13.0. The van der Waals surface area contributed by atoms with E-state index in [0.29, 0.717) is 12.1 Å². The molecule has 0 atom stereocenters. The van der Waals surface area contributed by atoms with Crippen molar-refractivity contribution in [2.75, 3.05) is 12.0 Å². The SMILES string of the molecule is COc1ccc(CN(C(=O)c2ccccc2)c2ccccc2)cc1. The van der Waals surface area contributed by atoms with Crippen LogP contribution in [0.5, 0.6) is 5.75 Å². The molecule has 0 unspecified atom stereocenters. The van der Waals surface area contributed by atoms with Gasteiger partial charge in [0.15, 0.2) is 0 Å². The van der Waals surface area contributed by atoms with Crippen LogP contribution in [-0.2, 0) is 6.54 Å². The van der Waals surface area contributed by atoms with Crippen LogP contribution < -0.4 is 9.64 Å². The van der Waals surface area contributed by atoms with E-state index in [-0.39, 0.29) is 5.91 Å². The monoisotopic (exact) mass is 317 g/mol. The van der Waals surface area contributed by atoms with Gasteiger partial charge in [0.2, 0.25) is 0 Å². The Bertz CT molecular complexity index is 783. The molecule has 0 aliphatic rings. The number of carbonyl (C=O) groups excluding carboxylic acids is 1. The van der Waals surface area contributed by atoms with Crippen LogP contribution in [0.3, 0.4) is 0 Å². The minimum atomic E-state index is -0.0161. The topological polar surface area (TPSA) is 29.5 Å². The molecule has 24 heavy (non-hydrogen) atoms. The van der Waals surface area contributed by atoms with Gasteiger partial charge < -0.3 is 9.64 Å². The van der Waals surface area contributed by atoms with E-state index in [0.717, 1.165) is 17.0 Å². The first-order valence-corrected chi connectivity index (χ1v) is 7.83. The minimum absolute atomic E-state index is 0.0161. The van der Waals surface area contributed by atoms with Gasteiger partial charge in [0.1, 0.15) is 5.75 Å². The summed E-state index contributed by atoms with van der Waals surface area (Å²) in [5, 5.41) is 0. The van der Waals surface area contributed by atoms with Crippen LogP contribution in [-0.4, -0.2) is 13.0 Å². The summed E-state index contributed by atoms with van der Waals surface area (Å²) in [6.07, 6.45) is 0. The van der Waals surface area contributed by atoms with E-state index in [4.69, 9.17) is 4.74 Å². The zero-order chi connectivity index (χ0) is 16.8. The predicted molar refractivity (Wildman–Crippen MR) is 96.4 cm³/mol. The molecule has 3 aromatic rings. The lowest BCUT2D eigenvalue weighted by Crippen LogP contribution is -2.30. The van der Waals surface area contributed by atoms with Gasteiger partial charge >= 0.3 is 0 Å². The first-order chi connectivity index (χ1) is 11.8. The van der Waals surface area contributed by atoms with E-state index < -0.39 is 0 Å². The maximum Gasteiger partial charge on any atom is 0.258 e. The Balaban J connectivity index is 1.91. The number of hydrogen-bond acceptors (Lipinski definition) is 2. The molecular weight excluding hydrogens is 298 g/mol. The summed E-state index contributed by atoms with van der Waals surface area (Å²) >= 11 is 0. The lowest BCUT2D eigenvalue weighted by Gasteiger charge is -2.23. The Hall–Kier alpha value is -3.07. The lowest BCUT2D eigenvalue weighted by molar-refractivity contribution is 0.0985. The zero-order valence-electron chi connectivity index (χ0n) is 13.6. The van der Waals surface area contributed by atoms with Gasteiger partial charge in [0.25, 0.3) is 5.91 Å². The van der Waals surface area contributed by atoms with Crippen LogP contribution in [0.2, 0.25) is 0 Å². The summed E-state index contributed by atoms with van der Waals surface area (Å²) in [6.45, 7) is 0.502. The van der Waals surface area contributed by atoms with Gasteiger partial charge in [-0.05, 0) is 42.0 Å². The van der Waals surface area contributed by atoms with Gasteiger partial charge in [-0.2, -0.15) is 0 Å². The fraction of sp³-hybridized carbons (Fsp3) is 0.0952. The van der Waals surface area contributed by atoms with Crippen molar-refractivity contribution in [3.05, 3.63) is 96.1 Å². The third-order valence-electron chi connectivity index (χ3n) is 3.83. The highest BCUT2D eigenvalue weighted by Crippen LogP contribution is 2.21. The third kappa shape index (κ3) is 3.63. The Kier molecular flexibility index (Phi) is 4.92. The number of benzene rings is 3. The van der Waals surface area contributed by atoms with Crippen LogP contribution >= 0.6 is 0 Å². The molecule has 0 spiro atoms. The molecule has 0 bridgehead atoms. The van der Waals surface area contributed by atoms with Crippen molar-refractivity contribution >= 4 is 11.6 Å². The Morgan fingerprint density at radius 2 is 1.42 bits per heavy atom. The summed E-state index contributed by atoms with van der Waals surface area (Å²) in [7, 11) is 1.64. The Morgan fingerprint density at radius 1 is 0.833 bits per heavy atom. The number of methoxy groups -OCH3 is 1. The van der Waals surface area contributed by atoms with E-state index in [1.807, 2.05) is 84.9 Å². The number of ether oxygens (including phenoxy) is 1. The van der Waals surface area contributed by atoms with Gasteiger partial charge in [0.05, 0.1) is 13.7 Å². The fourth-order valence-electron chi connectivity index (χ4n) is 2.54. The van der Waals surface area contributed by atoms with Gasteiger partial charge in [-0.15, -0.1) is 0 Å². The predicted octanol–water partition coefficient (Wildman–Crippen LogP) is 4.54. The van der Waals surface area contributed by atoms with Crippen LogP contribution in [0.15, 0.2) is 84.9 Å². The first-order valence-electron chi connectivity index (χ1n) is 7.83. The second-order valence-corrected chi connectivity index (χ2v) is 5.44. The fourth-order valence-corrected chi connectivity index (χ4v) is 2.54. The smallest absolute Gasteiger partial charge is 0.258 e. The molecule has 0 aliphatic carbocycles. The molecular formula is C21H19NO2. The largest absolute Gasteiger partial charge is 0.497 e.